The topological polar surface area (TPSA) is 43.8 Å². The second kappa shape index (κ2) is 5.26. The van der Waals surface area contributed by atoms with Crippen molar-refractivity contribution in [2.45, 2.75) is 13.0 Å². The Labute approximate surface area is 121 Å². The number of benzene rings is 2. The number of nitrogens with zero attached hydrogens (tertiary/aromatic N) is 2. The molecular formula is C16H15F2N3. The SMILES string of the molecule is Cn1c(Cc2c(F)cccc2F)nc2cc(CN)ccc21. The molecule has 0 spiro atoms. The molecular weight excluding hydrogens is 272 g/mol. The number of hydrogen-bond acceptors (Lipinski definition) is 2. The van der Waals surface area contributed by atoms with Gasteiger partial charge in [-0.05, 0) is 29.8 Å². The minimum atomic E-state index is -0.551. The predicted molar refractivity (Wildman–Crippen MR) is 77.8 cm³/mol. The Morgan fingerprint density at radius 3 is 2.52 bits per heavy atom. The largest absolute Gasteiger partial charge is 0.331 e. The average molecular weight is 287 g/mol. The Kier molecular flexibility index (Phi) is 3.43. The van der Waals surface area contributed by atoms with Gasteiger partial charge in [0.2, 0.25) is 0 Å². The van der Waals surface area contributed by atoms with Crippen molar-refractivity contribution in [3.63, 3.8) is 0 Å². The van der Waals surface area contributed by atoms with Gasteiger partial charge in [-0.25, -0.2) is 13.8 Å². The normalized spacial score (nSPS) is 11.2. The summed E-state index contributed by atoms with van der Waals surface area (Å²) in [6.07, 6.45) is 0.113. The van der Waals surface area contributed by atoms with Crippen LogP contribution in [0.4, 0.5) is 8.78 Å². The lowest BCUT2D eigenvalue weighted by Gasteiger charge is -2.05. The van der Waals surface area contributed by atoms with Gasteiger partial charge in [0.15, 0.2) is 0 Å². The van der Waals surface area contributed by atoms with Crippen molar-refractivity contribution in [3.8, 4) is 0 Å². The second-order valence-electron chi connectivity index (χ2n) is 4.99. The Morgan fingerprint density at radius 2 is 1.86 bits per heavy atom. The average Bonchev–Trinajstić information content (AvgIpc) is 2.79. The highest BCUT2D eigenvalue weighted by Gasteiger charge is 2.14. The molecule has 2 N–H and O–H groups in total. The molecule has 2 aromatic carbocycles. The van der Waals surface area contributed by atoms with E-state index in [-0.39, 0.29) is 12.0 Å². The summed E-state index contributed by atoms with van der Waals surface area (Å²) >= 11 is 0. The summed E-state index contributed by atoms with van der Waals surface area (Å²) in [6, 6.07) is 9.62. The summed E-state index contributed by atoms with van der Waals surface area (Å²) < 4.78 is 29.3. The van der Waals surface area contributed by atoms with E-state index < -0.39 is 11.6 Å². The predicted octanol–water partition coefficient (Wildman–Crippen LogP) is 2.90. The zero-order chi connectivity index (χ0) is 15.0. The van der Waals surface area contributed by atoms with E-state index in [1.54, 1.807) is 0 Å². The van der Waals surface area contributed by atoms with Crippen LogP contribution in [0.3, 0.4) is 0 Å². The van der Waals surface area contributed by atoms with Crippen molar-refractivity contribution in [2.24, 2.45) is 12.8 Å². The van der Waals surface area contributed by atoms with Crippen LogP contribution in [0.5, 0.6) is 0 Å². The second-order valence-corrected chi connectivity index (χ2v) is 4.99. The first-order valence-corrected chi connectivity index (χ1v) is 6.67. The number of aryl methyl sites for hydroxylation is 1. The number of nitrogens with two attached hydrogens (primary N) is 1. The van der Waals surface area contributed by atoms with Crippen LogP contribution in [-0.2, 0) is 20.0 Å². The maximum Gasteiger partial charge on any atom is 0.129 e. The van der Waals surface area contributed by atoms with Gasteiger partial charge >= 0.3 is 0 Å². The Bertz CT molecular complexity index is 788. The minimum absolute atomic E-state index is 0.0370. The van der Waals surface area contributed by atoms with Crippen LogP contribution < -0.4 is 5.73 Å². The summed E-state index contributed by atoms with van der Waals surface area (Å²) in [5.41, 5.74) is 8.33. The van der Waals surface area contributed by atoms with Gasteiger partial charge in [-0.3, -0.25) is 0 Å². The molecule has 5 heteroatoms. The van der Waals surface area contributed by atoms with Crippen LogP contribution in [0.15, 0.2) is 36.4 Å². The lowest BCUT2D eigenvalue weighted by atomic mass is 10.1. The van der Waals surface area contributed by atoms with Crippen LogP contribution in [0, 0.1) is 11.6 Å². The first-order chi connectivity index (χ1) is 10.1. The third kappa shape index (κ3) is 2.40. The zero-order valence-electron chi connectivity index (χ0n) is 11.6. The molecule has 0 atom stereocenters. The summed E-state index contributed by atoms with van der Waals surface area (Å²) in [6.45, 7) is 0.434. The summed E-state index contributed by atoms with van der Waals surface area (Å²) in [5, 5.41) is 0. The number of rotatable bonds is 3. The van der Waals surface area contributed by atoms with Gasteiger partial charge in [0.1, 0.15) is 17.5 Å². The van der Waals surface area contributed by atoms with Gasteiger partial charge < -0.3 is 10.3 Å². The van der Waals surface area contributed by atoms with Crippen LogP contribution in [-0.4, -0.2) is 9.55 Å². The molecule has 0 saturated carbocycles. The summed E-state index contributed by atoms with van der Waals surface area (Å²) in [7, 11) is 1.84. The van der Waals surface area contributed by atoms with Crippen LogP contribution >= 0.6 is 0 Å². The fraction of sp³-hybridized carbons (Fsp3) is 0.188. The van der Waals surface area contributed by atoms with Crippen molar-refractivity contribution >= 4 is 11.0 Å². The number of aromatic nitrogens is 2. The molecule has 0 amide bonds. The molecule has 0 aliphatic rings. The fourth-order valence-electron chi connectivity index (χ4n) is 2.44. The van der Waals surface area contributed by atoms with E-state index >= 15 is 0 Å². The van der Waals surface area contributed by atoms with E-state index in [0.29, 0.717) is 12.4 Å². The first-order valence-electron chi connectivity index (χ1n) is 6.67. The summed E-state index contributed by atoms with van der Waals surface area (Å²) in [4.78, 5) is 4.47. The molecule has 0 saturated heterocycles. The molecule has 0 aliphatic carbocycles. The van der Waals surface area contributed by atoms with Gasteiger partial charge in [-0.1, -0.05) is 12.1 Å². The third-order valence-electron chi connectivity index (χ3n) is 3.67. The number of halogens is 2. The highest BCUT2D eigenvalue weighted by Crippen LogP contribution is 2.21. The van der Waals surface area contributed by atoms with Gasteiger partial charge in [-0.15, -0.1) is 0 Å². The van der Waals surface area contributed by atoms with Crippen LogP contribution in [0.2, 0.25) is 0 Å². The molecule has 0 fully saturated rings. The van der Waals surface area contributed by atoms with Crippen LogP contribution in [0.25, 0.3) is 11.0 Å². The standard InChI is InChI=1S/C16H15F2N3/c1-21-15-6-5-10(9-19)7-14(15)20-16(21)8-11-12(17)3-2-4-13(11)18/h2-7H,8-9,19H2,1H3. The number of imidazole rings is 1. The molecule has 0 radical (unpaired) electrons. The molecule has 0 aliphatic heterocycles. The fourth-order valence-corrected chi connectivity index (χ4v) is 2.44. The molecule has 1 heterocycles. The van der Waals surface area contributed by atoms with E-state index in [9.17, 15) is 8.78 Å². The van der Waals surface area contributed by atoms with E-state index in [1.165, 1.54) is 18.2 Å². The maximum absolute atomic E-state index is 13.7. The Morgan fingerprint density at radius 1 is 1.14 bits per heavy atom. The highest BCUT2D eigenvalue weighted by molar-refractivity contribution is 5.77. The van der Waals surface area contributed by atoms with Crippen molar-refractivity contribution in [1.29, 1.82) is 0 Å². The third-order valence-corrected chi connectivity index (χ3v) is 3.67. The van der Waals surface area contributed by atoms with E-state index in [4.69, 9.17) is 5.73 Å². The Hall–Kier alpha value is -2.27. The number of hydrogen-bond donors (Lipinski definition) is 1. The lowest BCUT2D eigenvalue weighted by molar-refractivity contribution is 0.558. The monoisotopic (exact) mass is 287 g/mol. The molecule has 3 nitrogen and oxygen atoms in total. The Balaban J connectivity index is 2.07. The van der Waals surface area contributed by atoms with Crippen molar-refractivity contribution in [3.05, 3.63) is 65.0 Å². The van der Waals surface area contributed by atoms with E-state index in [1.807, 2.05) is 29.8 Å². The zero-order valence-corrected chi connectivity index (χ0v) is 11.6. The number of fused-ring (bicyclic) bond motifs is 1. The highest BCUT2D eigenvalue weighted by atomic mass is 19.1. The molecule has 0 bridgehead atoms. The first kappa shape index (κ1) is 13.7. The van der Waals surface area contributed by atoms with Gasteiger partial charge in [0.25, 0.3) is 0 Å². The molecule has 1 aromatic heterocycles. The van der Waals surface area contributed by atoms with Crippen molar-refractivity contribution < 1.29 is 8.78 Å². The molecule has 21 heavy (non-hydrogen) atoms. The smallest absolute Gasteiger partial charge is 0.129 e. The van der Waals surface area contributed by atoms with Crippen molar-refractivity contribution in [2.75, 3.05) is 0 Å². The lowest BCUT2D eigenvalue weighted by Crippen LogP contribution is -2.03. The van der Waals surface area contributed by atoms with Gasteiger partial charge in [0.05, 0.1) is 11.0 Å². The van der Waals surface area contributed by atoms with Gasteiger partial charge in [0, 0.05) is 25.6 Å². The molecule has 0 unspecified atom stereocenters. The molecule has 3 aromatic rings. The minimum Gasteiger partial charge on any atom is -0.331 e. The molecule has 108 valence electrons. The van der Waals surface area contributed by atoms with Crippen LogP contribution in [0.1, 0.15) is 17.0 Å². The van der Waals surface area contributed by atoms with Crippen molar-refractivity contribution in [1.82, 2.24) is 9.55 Å². The van der Waals surface area contributed by atoms with E-state index in [2.05, 4.69) is 4.98 Å². The van der Waals surface area contributed by atoms with E-state index in [0.717, 1.165) is 16.6 Å². The summed E-state index contributed by atoms with van der Waals surface area (Å²) in [5.74, 6) is -0.488. The van der Waals surface area contributed by atoms with Gasteiger partial charge in [-0.2, -0.15) is 0 Å². The maximum atomic E-state index is 13.7. The molecule has 3 rings (SSSR count). The quantitative estimate of drug-likeness (QED) is 0.805.